The summed E-state index contributed by atoms with van der Waals surface area (Å²) in [4.78, 5) is 24.3. The monoisotopic (exact) mass is 705 g/mol. The number of hydrogen-bond donors (Lipinski definition) is 1. The van der Waals surface area contributed by atoms with E-state index in [4.69, 9.17) is 9.47 Å². The highest BCUT2D eigenvalue weighted by atomic mass is 16.6. The van der Waals surface area contributed by atoms with E-state index in [0.29, 0.717) is 12.8 Å². The number of ether oxygens (including phenoxy) is 2. The fraction of sp³-hybridized carbons (Fsp3) is 0.867. The SMILES string of the molecule is CCCCCC/C=C/CCCCCCCC(=O)O[C@@H](CO)COC(=O)CCC/C=C/CCCCCCCCCCCCCCCCCCCC. The maximum absolute atomic E-state index is 12.2. The van der Waals surface area contributed by atoms with E-state index in [1.165, 1.54) is 161 Å². The number of esters is 2. The van der Waals surface area contributed by atoms with Crippen molar-refractivity contribution >= 4 is 11.9 Å². The molecule has 1 atom stereocenters. The van der Waals surface area contributed by atoms with E-state index in [0.717, 1.165) is 44.9 Å². The van der Waals surface area contributed by atoms with Crippen LogP contribution in [0.3, 0.4) is 0 Å². The van der Waals surface area contributed by atoms with Gasteiger partial charge in [0.2, 0.25) is 0 Å². The van der Waals surface area contributed by atoms with Crippen LogP contribution in [0.1, 0.15) is 232 Å². The molecule has 0 amide bonds. The van der Waals surface area contributed by atoms with E-state index in [1.807, 2.05) is 0 Å². The Morgan fingerprint density at radius 2 is 0.760 bits per heavy atom. The number of hydrogen-bond acceptors (Lipinski definition) is 5. The minimum atomic E-state index is -0.783. The van der Waals surface area contributed by atoms with Gasteiger partial charge in [-0.1, -0.05) is 186 Å². The molecule has 0 aromatic heterocycles. The van der Waals surface area contributed by atoms with Gasteiger partial charge in [-0.3, -0.25) is 9.59 Å². The van der Waals surface area contributed by atoms with Crippen LogP contribution in [0, 0.1) is 0 Å². The van der Waals surface area contributed by atoms with Crippen LogP contribution >= 0.6 is 0 Å². The highest BCUT2D eigenvalue weighted by Gasteiger charge is 2.16. The summed E-state index contributed by atoms with van der Waals surface area (Å²) >= 11 is 0. The van der Waals surface area contributed by atoms with Crippen molar-refractivity contribution in [2.45, 2.75) is 238 Å². The topological polar surface area (TPSA) is 72.8 Å². The molecule has 0 aliphatic rings. The summed E-state index contributed by atoms with van der Waals surface area (Å²) in [6, 6.07) is 0. The van der Waals surface area contributed by atoms with E-state index in [1.54, 1.807) is 0 Å². The van der Waals surface area contributed by atoms with Gasteiger partial charge in [0.15, 0.2) is 6.10 Å². The Balaban J connectivity index is 3.51. The van der Waals surface area contributed by atoms with Crippen LogP contribution in [0.15, 0.2) is 24.3 Å². The highest BCUT2D eigenvalue weighted by Crippen LogP contribution is 2.15. The first-order valence-electron chi connectivity index (χ1n) is 21.9. The van der Waals surface area contributed by atoms with Crippen LogP contribution in [0.4, 0.5) is 0 Å². The molecule has 0 aromatic rings. The molecule has 0 aliphatic heterocycles. The van der Waals surface area contributed by atoms with Gasteiger partial charge in [-0.25, -0.2) is 0 Å². The molecule has 294 valence electrons. The van der Waals surface area contributed by atoms with Gasteiger partial charge < -0.3 is 14.6 Å². The van der Waals surface area contributed by atoms with Crippen LogP contribution in [0.5, 0.6) is 0 Å². The minimum Gasteiger partial charge on any atom is -0.462 e. The van der Waals surface area contributed by atoms with Crippen molar-refractivity contribution in [2.75, 3.05) is 13.2 Å². The summed E-state index contributed by atoms with van der Waals surface area (Å²) in [6.45, 7) is 4.11. The minimum absolute atomic E-state index is 0.0810. The Labute approximate surface area is 311 Å². The molecule has 0 saturated heterocycles. The number of rotatable bonds is 40. The molecule has 0 saturated carbocycles. The lowest BCUT2D eigenvalue weighted by Gasteiger charge is -2.15. The first kappa shape index (κ1) is 48.4. The third kappa shape index (κ3) is 39.2. The summed E-state index contributed by atoms with van der Waals surface area (Å²) in [5.41, 5.74) is 0. The molecule has 0 spiro atoms. The van der Waals surface area contributed by atoms with Gasteiger partial charge >= 0.3 is 11.9 Å². The van der Waals surface area contributed by atoms with Crippen LogP contribution in [0.25, 0.3) is 0 Å². The van der Waals surface area contributed by atoms with Crippen molar-refractivity contribution < 1.29 is 24.2 Å². The van der Waals surface area contributed by atoms with Crippen molar-refractivity contribution in [1.29, 1.82) is 0 Å². The fourth-order valence-electron chi connectivity index (χ4n) is 6.38. The molecule has 0 radical (unpaired) electrons. The van der Waals surface area contributed by atoms with Crippen molar-refractivity contribution in [1.82, 2.24) is 0 Å². The predicted octanol–water partition coefficient (Wildman–Crippen LogP) is 13.8. The molecular weight excluding hydrogens is 620 g/mol. The van der Waals surface area contributed by atoms with Gasteiger partial charge in [0.05, 0.1) is 6.61 Å². The molecule has 0 aliphatic carbocycles. The van der Waals surface area contributed by atoms with Gasteiger partial charge in [0.1, 0.15) is 6.61 Å². The lowest BCUT2D eigenvalue weighted by atomic mass is 10.0. The Morgan fingerprint density at radius 3 is 1.16 bits per heavy atom. The van der Waals surface area contributed by atoms with Gasteiger partial charge in [0, 0.05) is 12.8 Å². The molecule has 50 heavy (non-hydrogen) atoms. The maximum atomic E-state index is 12.2. The number of aliphatic hydroxyl groups is 1. The summed E-state index contributed by atoms with van der Waals surface area (Å²) in [7, 11) is 0. The van der Waals surface area contributed by atoms with E-state index in [2.05, 4.69) is 38.2 Å². The number of carbonyl (C=O) groups is 2. The second-order valence-corrected chi connectivity index (χ2v) is 14.8. The third-order valence-corrected chi connectivity index (χ3v) is 9.72. The normalized spacial score (nSPS) is 12.3. The summed E-state index contributed by atoms with van der Waals surface area (Å²) in [6.07, 6.45) is 49.8. The average Bonchev–Trinajstić information content (AvgIpc) is 3.12. The van der Waals surface area contributed by atoms with E-state index < -0.39 is 6.10 Å². The summed E-state index contributed by atoms with van der Waals surface area (Å²) < 4.78 is 10.6. The first-order valence-corrected chi connectivity index (χ1v) is 21.9. The molecule has 1 N–H and O–H groups in total. The van der Waals surface area contributed by atoms with Crippen LogP contribution in [-0.4, -0.2) is 36.4 Å². The smallest absolute Gasteiger partial charge is 0.306 e. The molecule has 5 heteroatoms. The van der Waals surface area contributed by atoms with Gasteiger partial charge in [-0.2, -0.15) is 0 Å². The van der Waals surface area contributed by atoms with E-state index in [9.17, 15) is 14.7 Å². The van der Waals surface area contributed by atoms with Gasteiger partial charge in [-0.15, -0.1) is 0 Å². The summed E-state index contributed by atoms with van der Waals surface area (Å²) in [5, 5.41) is 9.55. The van der Waals surface area contributed by atoms with Gasteiger partial charge in [0.25, 0.3) is 0 Å². The zero-order chi connectivity index (χ0) is 36.4. The molecule has 0 heterocycles. The van der Waals surface area contributed by atoms with Crippen molar-refractivity contribution in [3.63, 3.8) is 0 Å². The van der Waals surface area contributed by atoms with Gasteiger partial charge in [-0.05, 0) is 57.8 Å². The highest BCUT2D eigenvalue weighted by molar-refractivity contribution is 5.70. The predicted molar refractivity (Wildman–Crippen MR) is 215 cm³/mol. The standard InChI is InChI=1S/C45H84O5/c1-3-5-7-9-11-13-15-17-18-19-20-21-22-23-24-25-26-28-29-31-33-35-37-39-44(47)49-42-43(41-46)50-45(48)40-38-36-34-32-30-27-16-14-12-10-8-6-4-2/h14,16,31,33,43,46H,3-13,15,17-30,32,34-42H2,1-2H3/b16-14+,33-31+/t43-/m0/s1. The van der Waals surface area contributed by atoms with Crippen molar-refractivity contribution in [2.24, 2.45) is 0 Å². The van der Waals surface area contributed by atoms with E-state index >= 15 is 0 Å². The zero-order valence-electron chi connectivity index (χ0n) is 33.4. The molecular formula is C45H84O5. The molecule has 0 bridgehead atoms. The number of unbranched alkanes of at least 4 members (excludes halogenated alkanes) is 28. The lowest BCUT2D eigenvalue weighted by molar-refractivity contribution is -0.161. The lowest BCUT2D eigenvalue weighted by Crippen LogP contribution is -2.28. The molecule has 0 rings (SSSR count). The number of allylic oxidation sites excluding steroid dienone is 4. The van der Waals surface area contributed by atoms with Crippen LogP contribution in [-0.2, 0) is 19.1 Å². The van der Waals surface area contributed by atoms with Crippen molar-refractivity contribution in [3.05, 3.63) is 24.3 Å². The largest absolute Gasteiger partial charge is 0.462 e. The quantitative estimate of drug-likeness (QED) is 0.0390. The van der Waals surface area contributed by atoms with Crippen molar-refractivity contribution in [3.8, 4) is 0 Å². The Bertz CT molecular complexity index is 761. The number of aliphatic hydroxyl groups excluding tert-OH is 1. The molecule has 0 unspecified atom stereocenters. The Hall–Kier alpha value is -1.62. The maximum Gasteiger partial charge on any atom is 0.306 e. The molecule has 5 nitrogen and oxygen atoms in total. The van der Waals surface area contributed by atoms with Crippen LogP contribution < -0.4 is 0 Å². The Morgan fingerprint density at radius 1 is 0.440 bits per heavy atom. The Kier molecular flexibility index (Phi) is 40.4. The molecule has 0 fully saturated rings. The third-order valence-electron chi connectivity index (χ3n) is 9.72. The summed E-state index contributed by atoms with van der Waals surface area (Å²) in [5.74, 6) is -0.631. The second kappa shape index (κ2) is 41.8. The average molecular weight is 705 g/mol. The van der Waals surface area contributed by atoms with Crippen LogP contribution in [0.2, 0.25) is 0 Å². The fourth-order valence-corrected chi connectivity index (χ4v) is 6.38. The zero-order valence-corrected chi connectivity index (χ0v) is 33.4. The number of carbonyl (C=O) groups excluding carboxylic acids is 2. The second-order valence-electron chi connectivity index (χ2n) is 14.8. The first-order chi connectivity index (χ1) is 24.6. The molecule has 0 aromatic carbocycles. The van der Waals surface area contributed by atoms with E-state index in [-0.39, 0.29) is 25.2 Å².